The summed E-state index contributed by atoms with van der Waals surface area (Å²) in [6, 6.07) is 10.2. The SMILES string of the molecule is O=S(=O)(/C=C\CCCF)N1CCC(Nc2ncc(Br)c(N3CCCc4c#cccc43)n2)CC1. The topological polar surface area (TPSA) is 78.4 Å². The highest BCUT2D eigenvalue weighted by molar-refractivity contribution is 9.10. The van der Waals surface area contributed by atoms with E-state index in [0.29, 0.717) is 44.7 Å². The zero-order valence-electron chi connectivity index (χ0n) is 18.3. The molecule has 176 valence electrons. The number of unbranched alkanes of at least 4 members (excludes halogenated alkanes) is 1. The number of rotatable bonds is 8. The van der Waals surface area contributed by atoms with Crippen LogP contribution in [-0.4, -0.2) is 55.0 Å². The molecule has 0 unspecified atom stereocenters. The Morgan fingerprint density at radius 3 is 2.91 bits per heavy atom. The summed E-state index contributed by atoms with van der Waals surface area (Å²) in [6.07, 6.45) is 7.35. The van der Waals surface area contributed by atoms with E-state index < -0.39 is 16.7 Å². The van der Waals surface area contributed by atoms with Gasteiger partial charge in [-0.1, -0.05) is 18.2 Å². The van der Waals surface area contributed by atoms with Crippen LogP contribution in [0, 0.1) is 12.1 Å². The van der Waals surface area contributed by atoms with Crippen LogP contribution >= 0.6 is 15.9 Å². The molecule has 0 bridgehead atoms. The highest BCUT2D eigenvalue weighted by Crippen LogP contribution is 2.35. The molecule has 1 saturated heterocycles. The summed E-state index contributed by atoms with van der Waals surface area (Å²) in [5.41, 5.74) is 2.22. The Hall–Kier alpha value is -2.22. The Morgan fingerprint density at radius 2 is 2.12 bits per heavy atom. The monoisotopic (exact) mass is 535 g/mol. The number of nitrogens with one attached hydrogen (secondary N) is 1. The van der Waals surface area contributed by atoms with Gasteiger partial charge in [0.2, 0.25) is 16.0 Å². The molecule has 33 heavy (non-hydrogen) atoms. The number of alkyl halides is 1. The molecular formula is C23H27BrFN5O2S. The van der Waals surface area contributed by atoms with Crippen LogP contribution in [0.2, 0.25) is 0 Å². The fourth-order valence-corrected chi connectivity index (χ4v) is 5.81. The van der Waals surface area contributed by atoms with Gasteiger partial charge in [0.25, 0.3) is 0 Å². The van der Waals surface area contributed by atoms with E-state index in [4.69, 9.17) is 4.98 Å². The lowest BCUT2D eigenvalue weighted by molar-refractivity contribution is 0.332. The Kier molecular flexibility index (Phi) is 7.83. The van der Waals surface area contributed by atoms with E-state index in [1.54, 1.807) is 6.20 Å². The molecule has 2 aliphatic rings. The van der Waals surface area contributed by atoms with Gasteiger partial charge in [0.05, 0.1) is 16.8 Å². The molecule has 3 heterocycles. The number of halogens is 2. The number of nitrogens with zero attached hydrogens (tertiary/aromatic N) is 4. The second kappa shape index (κ2) is 10.8. The van der Waals surface area contributed by atoms with Gasteiger partial charge in [0, 0.05) is 42.8 Å². The summed E-state index contributed by atoms with van der Waals surface area (Å²) >= 11 is 3.59. The third-order valence-electron chi connectivity index (χ3n) is 5.86. The zero-order chi connectivity index (χ0) is 23.3. The van der Waals surface area contributed by atoms with Crippen molar-refractivity contribution in [3.8, 4) is 0 Å². The summed E-state index contributed by atoms with van der Waals surface area (Å²) in [7, 11) is -3.46. The van der Waals surface area contributed by atoms with Gasteiger partial charge in [-0.05, 0) is 66.6 Å². The van der Waals surface area contributed by atoms with E-state index in [-0.39, 0.29) is 6.04 Å². The molecule has 0 spiro atoms. The standard InChI is InChI=1S/C23H27BrFN5O2S/c24-20-17-26-23(28-22(20)30-13-6-8-18-7-2-3-9-21(18)30)27-19-10-14-29(15-11-19)33(31,32)16-5-1-4-12-25/h3,5,9,16-17,19H,1,4,6,8,10-15H2,(H,26,27,28)/b16-5-. The van der Waals surface area contributed by atoms with Crippen LogP contribution in [-0.2, 0) is 16.4 Å². The van der Waals surface area contributed by atoms with Gasteiger partial charge in [0.1, 0.15) is 0 Å². The van der Waals surface area contributed by atoms with Crippen molar-refractivity contribution in [3.63, 3.8) is 0 Å². The molecule has 1 aromatic heterocycles. The maximum absolute atomic E-state index is 12.5. The van der Waals surface area contributed by atoms with Crippen molar-refractivity contribution in [3.05, 3.63) is 52.0 Å². The molecule has 1 N–H and O–H groups in total. The van der Waals surface area contributed by atoms with Crippen molar-refractivity contribution in [2.24, 2.45) is 0 Å². The number of allylic oxidation sites excluding steroid dienone is 1. The summed E-state index contributed by atoms with van der Waals surface area (Å²) in [4.78, 5) is 11.4. The molecule has 7 nitrogen and oxygen atoms in total. The lowest BCUT2D eigenvalue weighted by Gasteiger charge is -2.32. The maximum atomic E-state index is 12.5. The van der Waals surface area contributed by atoms with Crippen LogP contribution < -0.4 is 10.2 Å². The Labute approximate surface area is 203 Å². The zero-order valence-corrected chi connectivity index (χ0v) is 20.7. The van der Waals surface area contributed by atoms with Gasteiger partial charge in [-0.15, -0.1) is 0 Å². The molecule has 0 saturated carbocycles. The van der Waals surface area contributed by atoms with E-state index in [1.807, 2.05) is 12.1 Å². The van der Waals surface area contributed by atoms with Crippen LogP contribution in [0.1, 0.15) is 37.7 Å². The van der Waals surface area contributed by atoms with Crippen LogP contribution in [0.4, 0.5) is 21.8 Å². The number of aromatic nitrogens is 2. The fourth-order valence-electron chi connectivity index (χ4n) is 4.14. The molecule has 4 rings (SSSR count). The van der Waals surface area contributed by atoms with E-state index >= 15 is 0 Å². The van der Waals surface area contributed by atoms with E-state index in [1.165, 1.54) is 15.8 Å². The second-order valence-electron chi connectivity index (χ2n) is 8.15. The molecule has 0 aliphatic carbocycles. The van der Waals surface area contributed by atoms with Crippen LogP contribution in [0.5, 0.6) is 0 Å². The first kappa shape index (κ1) is 23.9. The van der Waals surface area contributed by atoms with Crippen LogP contribution in [0.15, 0.2) is 34.3 Å². The number of sulfonamides is 1. The highest BCUT2D eigenvalue weighted by atomic mass is 79.9. The van der Waals surface area contributed by atoms with E-state index in [0.717, 1.165) is 40.9 Å². The first-order valence-electron chi connectivity index (χ1n) is 11.2. The number of fused-ring (bicyclic) bond motifs is 1. The number of hydrogen-bond acceptors (Lipinski definition) is 6. The molecule has 0 amide bonds. The Morgan fingerprint density at radius 1 is 1.30 bits per heavy atom. The third-order valence-corrected chi connectivity index (χ3v) is 8.04. The molecular weight excluding hydrogens is 509 g/mol. The largest absolute Gasteiger partial charge is 0.351 e. The molecule has 2 aliphatic heterocycles. The Balaban J connectivity index is 1.40. The first-order valence-corrected chi connectivity index (χ1v) is 13.5. The summed E-state index contributed by atoms with van der Waals surface area (Å²) in [5.74, 6) is 1.32. The summed E-state index contributed by atoms with van der Waals surface area (Å²) in [5, 5.41) is 4.58. The summed E-state index contributed by atoms with van der Waals surface area (Å²) < 4.78 is 39.4. The lowest BCUT2D eigenvalue weighted by Crippen LogP contribution is -2.41. The molecule has 1 aromatic carbocycles. The van der Waals surface area contributed by atoms with Crippen molar-refractivity contribution >= 4 is 43.4 Å². The normalized spacial score (nSPS) is 17.7. The predicted octanol–water partition coefficient (Wildman–Crippen LogP) is 4.39. The van der Waals surface area contributed by atoms with Gasteiger partial charge in [-0.2, -0.15) is 9.29 Å². The van der Waals surface area contributed by atoms with Gasteiger partial charge in [-0.25, -0.2) is 13.4 Å². The Bertz CT molecular complexity index is 1090. The van der Waals surface area contributed by atoms with Gasteiger partial charge in [-0.3, -0.25) is 4.39 Å². The van der Waals surface area contributed by atoms with Crippen LogP contribution in [0.3, 0.4) is 0 Å². The molecule has 0 atom stereocenters. The highest BCUT2D eigenvalue weighted by Gasteiger charge is 2.27. The van der Waals surface area contributed by atoms with Gasteiger partial charge >= 0.3 is 0 Å². The average molecular weight is 536 g/mol. The van der Waals surface area contributed by atoms with Crippen molar-refractivity contribution < 1.29 is 12.8 Å². The molecule has 2 aromatic rings. The average Bonchev–Trinajstić information content (AvgIpc) is 2.83. The van der Waals surface area contributed by atoms with Crippen LogP contribution in [0.25, 0.3) is 0 Å². The molecule has 1 fully saturated rings. The minimum absolute atomic E-state index is 0.0811. The maximum Gasteiger partial charge on any atom is 0.235 e. The van der Waals surface area contributed by atoms with E-state index in [9.17, 15) is 12.8 Å². The van der Waals surface area contributed by atoms with Crippen molar-refractivity contribution in [1.82, 2.24) is 14.3 Å². The number of hydrogen-bond donors (Lipinski definition) is 1. The molecule has 10 heteroatoms. The quantitative estimate of drug-likeness (QED) is 0.505. The van der Waals surface area contributed by atoms with Crippen molar-refractivity contribution in [2.45, 2.75) is 44.6 Å². The minimum Gasteiger partial charge on any atom is -0.351 e. The van der Waals surface area contributed by atoms with Crippen molar-refractivity contribution in [1.29, 1.82) is 0 Å². The summed E-state index contributed by atoms with van der Waals surface area (Å²) in [6.45, 7) is 1.25. The third kappa shape index (κ3) is 5.83. The minimum atomic E-state index is -3.46. The van der Waals surface area contributed by atoms with E-state index in [2.05, 4.69) is 43.3 Å². The second-order valence-corrected chi connectivity index (χ2v) is 10.8. The lowest BCUT2D eigenvalue weighted by atomic mass is 10.0. The van der Waals surface area contributed by atoms with Gasteiger partial charge in [0.15, 0.2) is 5.82 Å². The first-order chi connectivity index (χ1) is 16.0. The molecule has 0 radical (unpaired) electrons. The van der Waals surface area contributed by atoms with Gasteiger partial charge < -0.3 is 10.2 Å². The predicted molar refractivity (Wildman–Crippen MR) is 131 cm³/mol. The fraction of sp³-hybridized carbons (Fsp3) is 0.478. The smallest absolute Gasteiger partial charge is 0.235 e. The number of anilines is 3. The number of piperidine rings is 1. The van der Waals surface area contributed by atoms with Crippen molar-refractivity contribution in [2.75, 3.05) is 36.5 Å².